The number of piperidine rings is 1. The molecule has 2 aromatic rings. The van der Waals surface area contributed by atoms with Gasteiger partial charge in [0.2, 0.25) is 10.0 Å². The fourth-order valence-corrected chi connectivity index (χ4v) is 5.73. The van der Waals surface area contributed by atoms with Crippen LogP contribution < -0.4 is 10.1 Å². The van der Waals surface area contributed by atoms with Gasteiger partial charge in [0.25, 0.3) is 0 Å². The molecule has 164 valence electrons. The van der Waals surface area contributed by atoms with Gasteiger partial charge in [0, 0.05) is 25.1 Å². The van der Waals surface area contributed by atoms with Crippen LogP contribution in [0.3, 0.4) is 0 Å². The molecular weight excluding hydrogens is 402 g/mol. The molecular formula is C22H31N3O4S. The maximum Gasteiger partial charge on any atom is 0.243 e. The first-order chi connectivity index (χ1) is 14.4. The van der Waals surface area contributed by atoms with Gasteiger partial charge >= 0.3 is 0 Å². The number of hydrogen-bond acceptors (Lipinski definition) is 6. The summed E-state index contributed by atoms with van der Waals surface area (Å²) in [7, 11) is -3.51. The number of anilines is 1. The Hall–Kier alpha value is -2.06. The highest BCUT2D eigenvalue weighted by Gasteiger charge is 2.27. The first-order valence-electron chi connectivity index (χ1n) is 11.0. The van der Waals surface area contributed by atoms with E-state index in [0.717, 1.165) is 56.4 Å². The third-order valence-electron chi connectivity index (χ3n) is 5.74. The van der Waals surface area contributed by atoms with Crippen LogP contribution in [0.5, 0.6) is 5.75 Å². The molecule has 1 aliphatic heterocycles. The Kier molecular flexibility index (Phi) is 6.34. The van der Waals surface area contributed by atoms with Crippen LogP contribution in [-0.4, -0.2) is 37.1 Å². The lowest BCUT2D eigenvalue weighted by Gasteiger charge is -2.26. The van der Waals surface area contributed by atoms with Gasteiger partial charge in [0.15, 0.2) is 0 Å². The quantitative estimate of drug-likeness (QED) is 0.707. The van der Waals surface area contributed by atoms with Gasteiger partial charge in [0.05, 0.1) is 23.2 Å². The van der Waals surface area contributed by atoms with Gasteiger partial charge in [-0.25, -0.2) is 8.42 Å². The maximum absolute atomic E-state index is 13.1. The summed E-state index contributed by atoms with van der Waals surface area (Å²) in [5, 5.41) is 7.60. The van der Waals surface area contributed by atoms with Crippen LogP contribution in [0.4, 0.5) is 5.69 Å². The topological polar surface area (TPSA) is 84.7 Å². The van der Waals surface area contributed by atoms with Crippen LogP contribution in [-0.2, 0) is 29.4 Å². The molecule has 8 heteroatoms. The van der Waals surface area contributed by atoms with E-state index in [9.17, 15) is 8.42 Å². The molecule has 1 aliphatic carbocycles. The summed E-state index contributed by atoms with van der Waals surface area (Å²) < 4.78 is 39.3. The molecule has 1 saturated heterocycles. The summed E-state index contributed by atoms with van der Waals surface area (Å²) >= 11 is 0. The minimum absolute atomic E-state index is 0.0186. The number of aromatic nitrogens is 1. The van der Waals surface area contributed by atoms with Crippen LogP contribution in [0.2, 0.25) is 0 Å². The van der Waals surface area contributed by atoms with Crippen molar-refractivity contribution in [3.05, 3.63) is 35.2 Å². The van der Waals surface area contributed by atoms with Gasteiger partial charge in [0.1, 0.15) is 17.2 Å². The highest BCUT2D eigenvalue weighted by molar-refractivity contribution is 7.89. The lowest BCUT2D eigenvalue weighted by atomic mass is 9.96. The van der Waals surface area contributed by atoms with Crippen LogP contribution in [0.25, 0.3) is 0 Å². The van der Waals surface area contributed by atoms with Crippen LogP contribution in [0, 0.1) is 0 Å². The second-order valence-electron chi connectivity index (χ2n) is 8.38. The average Bonchev–Trinajstić information content (AvgIpc) is 3.16. The summed E-state index contributed by atoms with van der Waals surface area (Å²) in [6.07, 6.45) is 7.09. The van der Waals surface area contributed by atoms with Crippen LogP contribution in [0.15, 0.2) is 27.6 Å². The predicted octanol–water partition coefficient (Wildman–Crippen LogP) is 4.13. The number of aryl methyl sites for hydroxylation is 1. The van der Waals surface area contributed by atoms with E-state index in [0.29, 0.717) is 36.0 Å². The van der Waals surface area contributed by atoms with Crippen molar-refractivity contribution in [2.75, 3.05) is 18.4 Å². The number of fused-ring (bicyclic) bond motifs is 1. The minimum atomic E-state index is -3.51. The highest BCUT2D eigenvalue weighted by Crippen LogP contribution is 2.32. The van der Waals surface area contributed by atoms with E-state index >= 15 is 0 Å². The molecule has 0 unspecified atom stereocenters. The number of nitrogens with one attached hydrogen (secondary N) is 1. The predicted molar refractivity (Wildman–Crippen MR) is 115 cm³/mol. The maximum atomic E-state index is 13.1. The van der Waals surface area contributed by atoms with E-state index in [4.69, 9.17) is 9.26 Å². The summed E-state index contributed by atoms with van der Waals surface area (Å²) in [5.41, 5.74) is 2.75. The van der Waals surface area contributed by atoms with E-state index in [1.807, 2.05) is 13.8 Å². The number of benzene rings is 1. The van der Waals surface area contributed by atoms with Crippen molar-refractivity contribution in [2.24, 2.45) is 0 Å². The average molecular weight is 434 g/mol. The third-order valence-corrected chi connectivity index (χ3v) is 7.64. The zero-order valence-corrected chi connectivity index (χ0v) is 18.6. The Bertz CT molecular complexity index is 978. The van der Waals surface area contributed by atoms with Crippen molar-refractivity contribution in [3.8, 4) is 5.75 Å². The molecule has 4 rings (SSSR count). The third kappa shape index (κ3) is 4.49. The van der Waals surface area contributed by atoms with Crippen molar-refractivity contribution in [1.82, 2.24) is 9.46 Å². The van der Waals surface area contributed by atoms with Crippen LogP contribution >= 0.6 is 0 Å². The van der Waals surface area contributed by atoms with Gasteiger partial charge in [-0.3, -0.25) is 0 Å². The first-order valence-corrected chi connectivity index (χ1v) is 12.4. The standard InChI is InChI=1S/C22H31N3O4S/c1-16(2)28-22-11-10-17(30(26,27)25-12-6-3-7-13-25)14-19(22)23-15-20-18-8-4-5-9-21(18)29-24-20/h10-11,14,16,23H,3-9,12-13,15H2,1-2H3. The Morgan fingerprint density at radius 1 is 1.13 bits per heavy atom. The molecule has 7 nitrogen and oxygen atoms in total. The molecule has 0 spiro atoms. The number of hydrogen-bond donors (Lipinski definition) is 1. The molecule has 1 N–H and O–H groups in total. The smallest absolute Gasteiger partial charge is 0.243 e. The van der Waals surface area contributed by atoms with Crippen molar-refractivity contribution < 1.29 is 17.7 Å². The Labute approximate surface area is 178 Å². The molecule has 0 radical (unpaired) electrons. The number of sulfonamides is 1. The van der Waals surface area contributed by atoms with Crippen molar-refractivity contribution >= 4 is 15.7 Å². The zero-order valence-electron chi connectivity index (χ0n) is 17.8. The van der Waals surface area contributed by atoms with Crippen molar-refractivity contribution in [3.63, 3.8) is 0 Å². The highest BCUT2D eigenvalue weighted by atomic mass is 32.2. The summed E-state index contributed by atoms with van der Waals surface area (Å²) in [5.74, 6) is 1.62. The van der Waals surface area contributed by atoms with Crippen molar-refractivity contribution in [2.45, 2.75) is 76.3 Å². The Morgan fingerprint density at radius 3 is 2.67 bits per heavy atom. The number of nitrogens with zero attached hydrogens (tertiary/aromatic N) is 2. The number of ether oxygens (including phenoxy) is 1. The van der Waals surface area contributed by atoms with Gasteiger partial charge < -0.3 is 14.6 Å². The Balaban J connectivity index is 1.59. The van der Waals surface area contributed by atoms with E-state index in [1.54, 1.807) is 22.5 Å². The fraction of sp³-hybridized carbons (Fsp3) is 0.591. The van der Waals surface area contributed by atoms with Gasteiger partial charge in [-0.15, -0.1) is 0 Å². The van der Waals surface area contributed by atoms with Crippen molar-refractivity contribution in [1.29, 1.82) is 0 Å². The normalized spacial score (nSPS) is 17.7. The van der Waals surface area contributed by atoms with E-state index in [2.05, 4.69) is 10.5 Å². The SMILES string of the molecule is CC(C)Oc1ccc(S(=O)(=O)N2CCCCC2)cc1NCc1noc2c1CCCC2. The lowest BCUT2D eigenvalue weighted by molar-refractivity contribution is 0.243. The molecule has 0 saturated carbocycles. The number of rotatable bonds is 7. The van der Waals surface area contributed by atoms with Crippen LogP contribution in [0.1, 0.15) is 63.0 Å². The Morgan fingerprint density at radius 2 is 1.90 bits per heavy atom. The van der Waals surface area contributed by atoms with Gasteiger partial charge in [-0.2, -0.15) is 4.31 Å². The summed E-state index contributed by atoms with van der Waals surface area (Å²) in [4.78, 5) is 0.296. The largest absolute Gasteiger partial charge is 0.489 e. The molecule has 1 aromatic heterocycles. The van der Waals surface area contributed by atoms with Gasteiger partial charge in [-0.1, -0.05) is 11.6 Å². The molecule has 1 fully saturated rings. The molecule has 1 aromatic carbocycles. The summed E-state index contributed by atoms with van der Waals surface area (Å²) in [6.45, 7) is 5.55. The molecule has 0 bridgehead atoms. The molecule has 0 amide bonds. The van der Waals surface area contributed by atoms with E-state index < -0.39 is 10.0 Å². The van der Waals surface area contributed by atoms with E-state index in [-0.39, 0.29) is 6.10 Å². The second-order valence-corrected chi connectivity index (χ2v) is 10.3. The molecule has 2 heterocycles. The molecule has 2 aliphatic rings. The first kappa shape index (κ1) is 21.2. The summed E-state index contributed by atoms with van der Waals surface area (Å²) in [6, 6.07) is 5.08. The lowest BCUT2D eigenvalue weighted by Crippen LogP contribution is -2.35. The second kappa shape index (κ2) is 8.98. The monoisotopic (exact) mass is 433 g/mol. The molecule has 30 heavy (non-hydrogen) atoms. The fourth-order valence-electron chi connectivity index (χ4n) is 4.19. The molecule has 0 atom stereocenters. The minimum Gasteiger partial charge on any atom is -0.489 e. The zero-order chi connectivity index (χ0) is 21.1. The van der Waals surface area contributed by atoms with Gasteiger partial charge in [-0.05, 0) is 64.2 Å². The van der Waals surface area contributed by atoms with E-state index in [1.165, 1.54) is 5.56 Å².